The van der Waals surface area contributed by atoms with Crippen LogP contribution in [0.1, 0.15) is 59.3 Å². The zero-order chi connectivity index (χ0) is 17.2. The van der Waals surface area contributed by atoms with Gasteiger partial charge in [0.1, 0.15) is 6.04 Å². The van der Waals surface area contributed by atoms with E-state index in [9.17, 15) is 14.4 Å². The van der Waals surface area contributed by atoms with Gasteiger partial charge in [0.05, 0.1) is 6.42 Å². The minimum absolute atomic E-state index is 0.00556. The molecule has 23 heavy (non-hydrogen) atoms. The summed E-state index contributed by atoms with van der Waals surface area (Å²) in [6.45, 7) is 7.28. The summed E-state index contributed by atoms with van der Waals surface area (Å²) in [5, 5.41) is 9.00. The summed E-state index contributed by atoms with van der Waals surface area (Å²) < 4.78 is 0. The molecule has 1 N–H and O–H groups in total. The number of rotatable bonds is 4. The van der Waals surface area contributed by atoms with Crippen LogP contribution >= 0.6 is 0 Å². The van der Waals surface area contributed by atoms with E-state index in [2.05, 4.69) is 0 Å². The van der Waals surface area contributed by atoms with E-state index in [-0.39, 0.29) is 29.7 Å². The molecular formula is C17H28N2O4. The van der Waals surface area contributed by atoms with Crippen LogP contribution in [-0.2, 0) is 14.4 Å². The lowest BCUT2D eigenvalue weighted by Gasteiger charge is -2.32. The zero-order valence-corrected chi connectivity index (χ0v) is 14.4. The topological polar surface area (TPSA) is 77.9 Å². The van der Waals surface area contributed by atoms with Gasteiger partial charge in [-0.1, -0.05) is 20.8 Å². The van der Waals surface area contributed by atoms with Gasteiger partial charge in [-0.2, -0.15) is 0 Å². The quantitative estimate of drug-likeness (QED) is 0.856. The van der Waals surface area contributed by atoms with Crippen molar-refractivity contribution < 1.29 is 19.5 Å². The van der Waals surface area contributed by atoms with Gasteiger partial charge in [0.2, 0.25) is 11.8 Å². The van der Waals surface area contributed by atoms with Gasteiger partial charge < -0.3 is 14.9 Å². The van der Waals surface area contributed by atoms with E-state index in [1.165, 1.54) is 0 Å². The van der Waals surface area contributed by atoms with Crippen LogP contribution in [0.25, 0.3) is 0 Å². The van der Waals surface area contributed by atoms with Gasteiger partial charge in [0.25, 0.3) is 0 Å². The molecule has 2 saturated heterocycles. The molecule has 2 rings (SSSR count). The van der Waals surface area contributed by atoms with Crippen LogP contribution in [0, 0.1) is 5.41 Å². The summed E-state index contributed by atoms with van der Waals surface area (Å²) in [6.07, 6.45) is 3.52. The fourth-order valence-electron chi connectivity index (χ4n) is 3.61. The highest BCUT2D eigenvalue weighted by Crippen LogP contribution is 2.28. The molecule has 2 heterocycles. The third-order valence-corrected chi connectivity index (χ3v) is 4.61. The Labute approximate surface area is 137 Å². The summed E-state index contributed by atoms with van der Waals surface area (Å²) in [7, 11) is 0. The van der Waals surface area contributed by atoms with E-state index in [0.717, 1.165) is 19.3 Å². The predicted octanol–water partition coefficient (Wildman–Crippen LogP) is 1.88. The second-order valence-corrected chi connectivity index (χ2v) is 7.91. The molecule has 0 spiro atoms. The first-order chi connectivity index (χ1) is 10.7. The monoisotopic (exact) mass is 324 g/mol. The minimum atomic E-state index is -0.873. The number of nitrogens with zero attached hydrogens (tertiary/aromatic N) is 2. The fourth-order valence-corrected chi connectivity index (χ4v) is 3.61. The Kier molecular flexibility index (Phi) is 5.32. The van der Waals surface area contributed by atoms with Gasteiger partial charge in [-0.05, 0) is 31.1 Å². The number of carboxylic acid groups (broad SMARTS) is 1. The van der Waals surface area contributed by atoms with Crippen molar-refractivity contribution in [2.75, 3.05) is 13.1 Å². The molecule has 0 aromatic heterocycles. The van der Waals surface area contributed by atoms with Gasteiger partial charge in [0.15, 0.2) is 0 Å². The number of aliphatic carboxylic acids is 1. The first-order valence-corrected chi connectivity index (χ1v) is 8.51. The molecule has 6 nitrogen and oxygen atoms in total. The SMILES string of the molecule is CC(C)(C)CC(=O)N1CCCC1C(=O)N1CCCC1CC(=O)O. The second-order valence-electron chi connectivity index (χ2n) is 7.91. The van der Waals surface area contributed by atoms with Gasteiger partial charge >= 0.3 is 5.97 Å². The number of hydrogen-bond acceptors (Lipinski definition) is 3. The summed E-state index contributed by atoms with van der Waals surface area (Å²) >= 11 is 0. The maximum Gasteiger partial charge on any atom is 0.305 e. The molecule has 0 bridgehead atoms. The second kappa shape index (κ2) is 6.89. The Bertz CT molecular complexity index is 483. The Balaban J connectivity index is 2.05. The Morgan fingerprint density at radius 1 is 1.04 bits per heavy atom. The van der Waals surface area contributed by atoms with Gasteiger partial charge in [-0.3, -0.25) is 14.4 Å². The molecule has 0 saturated carbocycles. The number of carbonyl (C=O) groups is 3. The molecule has 6 heteroatoms. The lowest BCUT2D eigenvalue weighted by atomic mass is 9.91. The normalized spacial score (nSPS) is 25.0. The van der Waals surface area contributed by atoms with Crippen LogP contribution in [0.2, 0.25) is 0 Å². The Hall–Kier alpha value is -1.59. The van der Waals surface area contributed by atoms with Gasteiger partial charge in [-0.25, -0.2) is 0 Å². The van der Waals surface area contributed by atoms with Crippen molar-refractivity contribution >= 4 is 17.8 Å². The smallest absolute Gasteiger partial charge is 0.305 e. The fraction of sp³-hybridized carbons (Fsp3) is 0.824. The molecule has 0 aromatic rings. The molecule has 2 amide bonds. The highest BCUT2D eigenvalue weighted by Gasteiger charge is 2.40. The van der Waals surface area contributed by atoms with Crippen molar-refractivity contribution in [2.24, 2.45) is 5.41 Å². The number of hydrogen-bond donors (Lipinski definition) is 1. The van der Waals surface area contributed by atoms with Crippen molar-refractivity contribution in [2.45, 2.75) is 71.4 Å². The molecule has 130 valence electrons. The average molecular weight is 324 g/mol. The molecule has 0 aromatic carbocycles. The van der Waals surface area contributed by atoms with Crippen LogP contribution < -0.4 is 0 Å². The Morgan fingerprint density at radius 2 is 1.65 bits per heavy atom. The van der Waals surface area contributed by atoms with Crippen molar-refractivity contribution in [3.8, 4) is 0 Å². The van der Waals surface area contributed by atoms with Crippen molar-refractivity contribution in [1.29, 1.82) is 0 Å². The molecule has 2 aliphatic heterocycles. The lowest BCUT2D eigenvalue weighted by Crippen LogP contribution is -2.50. The Morgan fingerprint density at radius 3 is 2.26 bits per heavy atom. The van der Waals surface area contributed by atoms with Crippen LogP contribution in [-0.4, -0.2) is 57.9 Å². The van der Waals surface area contributed by atoms with Crippen LogP contribution in [0.5, 0.6) is 0 Å². The van der Waals surface area contributed by atoms with Crippen molar-refractivity contribution in [3.63, 3.8) is 0 Å². The van der Waals surface area contributed by atoms with E-state index >= 15 is 0 Å². The highest BCUT2D eigenvalue weighted by molar-refractivity contribution is 5.89. The predicted molar refractivity (Wildman–Crippen MR) is 85.8 cm³/mol. The summed E-state index contributed by atoms with van der Waals surface area (Å²) in [4.78, 5) is 39.7. The third-order valence-electron chi connectivity index (χ3n) is 4.61. The number of carboxylic acids is 1. The van der Waals surface area contributed by atoms with Gasteiger partial charge in [-0.15, -0.1) is 0 Å². The van der Waals surface area contributed by atoms with E-state index < -0.39 is 12.0 Å². The van der Waals surface area contributed by atoms with E-state index in [1.807, 2.05) is 20.8 Å². The molecular weight excluding hydrogens is 296 g/mol. The van der Waals surface area contributed by atoms with Crippen molar-refractivity contribution in [1.82, 2.24) is 9.80 Å². The zero-order valence-electron chi connectivity index (χ0n) is 14.4. The number of likely N-dealkylation sites (tertiary alicyclic amines) is 2. The third kappa shape index (κ3) is 4.45. The molecule has 2 aliphatic rings. The summed E-state index contributed by atoms with van der Waals surface area (Å²) in [5.74, 6) is -0.905. The summed E-state index contributed by atoms with van der Waals surface area (Å²) in [5.41, 5.74) is -0.104. The first kappa shape index (κ1) is 17.8. The molecule has 2 unspecified atom stereocenters. The largest absolute Gasteiger partial charge is 0.481 e. The maximum atomic E-state index is 12.9. The van der Waals surface area contributed by atoms with Crippen LogP contribution in [0.3, 0.4) is 0 Å². The highest BCUT2D eigenvalue weighted by atomic mass is 16.4. The molecule has 0 radical (unpaired) electrons. The van der Waals surface area contributed by atoms with E-state index in [1.54, 1.807) is 9.80 Å². The first-order valence-electron chi connectivity index (χ1n) is 8.51. The standard InChI is InChI=1S/C17H28N2O4/c1-17(2,3)11-14(20)19-9-5-7-13(19)16(23)18-8-4-6-12(18)10-15(21)22/h12-13H,4-11H2,1-3H3,(H,21,22). The van der Waals surface area contributed by atoms with Crippen LogP contribution in [0.15, 0.2) is 0 Å². The number of carbonyl (C=O) groups excluding carboxylic acids is 2. The minimum Gasteiger partial charge on any atom is -0.481 e. The van der Waals surface area contributed by atoms with Gasteiger partial charge in [0, 0.05) is 25.6 Å². The number of amides is 2. The summed E-state index contributed by atoms with van der Waals surface area (Å²) in [6, 6.07) is -0.626. The van der Waals surface area contributed by atoms with Crippen molar-refractivity contribution in [3.05, 3.63) is 0 Å². The maximum absolute atomic E-state index is 12.9. The van der Waals surface area contributed by atoms with E-state index in [4.69, 9.17) is 5.11 Å². The average Bonchev–Trinajstić information content (AvgIpc) is 3.03. The van der Waals surface area contributed by atoms with Crippen LogP contribution in [0.4, 0.5) is 0 Å². The molecule has 2 fully saturated rings. The molecule has 0 aliphatic carbocycles. The van der Waals surface area contributed by atoms with E-state index in [0.29, 0.717) is 25.9 Å². The molecule has 2 atom stereocenters. The lowest BCUT2D eigenvalue weighted by molar-refractivity contribution is -0.147.